The predicted molar refractivity (Wildman–Crippen MR) is 100.0 cm³/mol. The molecule has 0 bridgehead atoms. The third-order valence-corrected chi connectivity index (χ3v) is 3.22. The zero-order valence-electron chi connectivity index (χ0n) is 13.0. The van der Waals surface area contributed by atoms with E-state index in [9.17, 15) is 8.78 Å². The second-order valence-electron chi connectivity index (χ2n) is 4.82. The molecule has 2 aromatic carbocycles. The third-order valence-electron chi connectivity index (χ3n) is 3.22. The van der Waals surface area contributed by atoms with Crippen LogP contribution >= 0.6 is 24.0 Å². The Morgan fingerprint density at radius 1 is 1.08 bits per heavy atom. The van der Waals surface area contributed by atoms with E-state index in [-0.39, 0.29) is 36.1 Å². The van der Waals surface area contributed by atoms with Gasteiger partial charge in [-0.25, -0.2) is 8.78 Å². The number of hydrogen-bond acceptors (Lipinski definition) is 2. The quantitative estimate of drug-likeness (QED) is 0.434. The summed E-state index contributed by atoms with van der Waals surface area (Å²) >= 11 is 0. The van der Waals surface area contributed by atoms with Crippen LogP contribution in [0.1, 0.15) is 16.7 Å². The molecule has 126 valence electrons. The summed E-state index contributed by atoms with van der Waals surface area (Å²) in [4.78, 5) is 4.03. The van der Waals surface area contributed by atoms with Crippen molar-refractivity contribution in [3.05, 3.63) is 70.8 Å². The first-order valence-electron chi connectivity index (χ1n) is 7.00. The zero-order chi connectivity index (χ0) is 16.7. The largest absolute Gasteiger partial charge is 0.352 e. The summed E-state index contributed by atoms with van der Waals surface area (Å²) in [5.74, 6) is -0.483. The Kier molecular flexibility index (Phi) is 8.12. The van der Waals surface area contributed by atoms with Gasteiger partial charge in [-0.05, 0) is 35.9 Å². The molecule has 0 heterocycles. The number of hydrogen-bond donors (Lipinski definition) is 2. The molecule has 7 heteroatoms. The average Bonchev–Trinajstić information content (AvgIpc) is 2.58. The average molecular weight is 442 g/mol. The van der Waals surface area contributed by atoms with Crippen LogP contribution < -0.4 is 10.6 Å². The van der Waals surface area contributed by atoms with Crippen molar-refractivity contribution >= 4 is 29.9 Å². The minimum absolute atomic E-state index is 0. The minimum Gasteiger partial charge on any atom is -0.352 e. The molecule has 0 radical (unpaired) electrons. The second-order valence-corrected chi connectivity index (χ2v) is 4.82. The highest BCUT2D eigenvalue weighted by Crippen LogP contribution is 2.09. The van der Waals surface area contributed by atoms with Gasteiger partial charge >= 0.3 is 0 Å². The number of guanidine groups is 1. The standard InChI is InChI=1S/C17H16F2N4.HI/c1-21-17(22-10-13-4-2-12(9-20)3-5-13)23-11-14-8-15(18)6-7-16(14)19;/h2-8H,10-11H2,1H3,(H2,21,22,23);1H. The van der Waals surface area contributed by atoms with Gasteiger partial charge in [-0.3, -0.25) is 4.99 Å². The Hall–Kier alpha value is -2.21. The number of nitriles is 1. The Morgan fingerprint density at radius 2 is 1.75 bits per heavy atom. The van der Waals surface area contributed by atoms with Crippen molar-refractivity contribution < 1.29 is 8.78 Å². The molecule has 0 amide bonds. The van der Waals surface area contributed by atoms with E-state index in [0.717, 1.165) is 23.8 Å². The van der Waals surface area contributed by atoms with E-state index in [1.807, 2.05) is 12.1 Å². The molecule has 0 spiro atoms. The highest BCUT2D eigenvalue weighted by atomic mass is 127. The number of halogens is 3. The van der Waals surface area contributed by atoms with Crippen LogP contribution in [0.2, 0.25) is 0 Å². The maximum atomic E-state index is 13.6. The van der Waals surface area contributed by atoms with Crippen LogP contribution in [0.4, 0.5) is 8.78 Å². The molecule has 2 N–H and O–H groups in total. The van der Waals surface area contributed by atoms with Crippen LogP contribution in [0.3, 0.4) is 0 Å². The van der Waals surface area contributed by atoms with Crippen molar-refractivity contribution in [3.63, 3.8) is 0 Å². The van der Waals surface area contributed by atoms with Gasteiger partial charge in [-0.1, -0.05) is 12.1 Å². The Balaban J connectivity index is 0.00000288. The number of aliphatic imine (C=N–C) groups is 1. The smallest absolute Gasteiger partial charge is 0.191 e. The van der Waals surface area contributed by atoms with Crippen LogP contribution in [0.25, 0.3) is 0 Å². The molecule has 0 atom stereocenters. The Morgan fingerprint density at radius 3 is 2.38 bits per heavy atom. The van der Waals surface area contributed by atoms with Crippen molar-refractivity contribution in [2.24, 2.45) is 4.99 Å². The van der Waals surface area contributed by atoms with Gasteiger partial charge in [0.15, 0.2) is 5.96 Å². The molecule has 0 saturated carbocycles. The SMILES string of the molecule is CN=C(NCc1ccc(C#N)cc1)NCc1cc(F)ccc1F.I. The maximum Gasteiger partial charge on any atom is 0.191 e. The van der Waals surface area contributed by atoms with Crippen LogP contribution in [-0.2, 0) is 13.1 Å². The van der Waals surface area contributed by atoms with Crippen molar-refractivity contribution in [2.45, 2.75) is 13.1 Å². The molecule has 0 aliphatic heterocycles. The van der Waals surface area contributed by atoms with E-state index < -0.39 is 11.6 Å². The summed E-state index contributed by atoms with van der Waals surface area (Å²) in [7, 11) is 1.59. The summed E-state index contributed by atoms with van der Waals surface area (Å²) in [5, 5.41) is 14.7. The lowest BCUT2D eigenvalue weighted by atomic mass is 10.1. The molecule has 2 aromatic rings. The minimum atomic E-state index is -0.483. The Labute approximate surface area is 156 Å². The van der Waals surface area contributed by atoms with Gasteiger partial charge < -0.3 is 10.6 Å². The molecule has 4 nitrogen and oxygen atoms in total. The molecule has 0 aliphatic carbocycles. The van der Waals surface area contributed by atoms with Crippen LogP contribution in [0.15, 0.2) is 47.5 Å². The van der Waals surface area contributed by atoms with Gasteiger partial charge in [-0.15, -0.1) is 24.0 Å². The predicted octanol–water partition coefficient (Wildman–Crippen LogP) is 3.32. The molecule has 0 saturated heterocycles. The molecule has 2 rings (SSSR count). The topological polar surface area (TPSA) is 60.2 Å². The van der Waals surface area contributed by atoms with E-state index in [0.29, 0.717) is 18.1 Å². The van der Waals surface area contributed by atoms with E-state index in [2.05, 4.69) is 21.7 Å². The van der Waals surface area contributed by atoms with E-state index in [4.69, 9.17) is 5.26 Å². The van der Waals surface area contributed by atoms with Crippen molar-refractivity contribution in [1.82, 2.24) is 10.6 Å². The number of benzene rings is 2. The third kappa shape index (κ3) is 5.77. The van der Waals surface area contributed by atoms with Crippen molar-refractivity contribution in [1.29, 1.82) is 5.26 Å². The molecule has 0 aromatic heterocycles. The summed E-state index contributed by atoms with van der Waals surface area (Å²) in [6, 6.07) is 12.5. The summed E-state index contributed by atoms with van der Waals surface area (Å²) in [6.45, 7) is 0.619. The number of nitrogens with zero attached hydrogens (tertiary/aromatic N) is 2. The van der Waals surface area contributed by atoms with Crippen LogP contribution in [0.5, 0.6) is 0 Å². The van der Waals surface area contributed by atoms with Crippen LogP contribution in [0, 0.1) is 23.0 Å². The Bertz CT molecular complexity index is 739. The van der Waals surface area contributed by atoms with Gasteiger partial charge in [0.2, 0.25) is 0 Å². The lowest BCUT2D eigenvalue weighted by Crippen LogP contribution is -2.36. The fourth-order valence-electron chi connectivity index (χ4n) is 1.96. The summed E-state index contributed by atoms with van der Waals surface area (Å²) in [6.07, 6.45) is 0. The van der Waals surface area contributed by atoms with Gasteiger partial charge in [-0.2, -0.15) is 5.26 Å². The molecule has 0 aliphatic rings. The number of rotatable bonds is 4. The van der Waals surface area contributed by atoms with E-state index in [1.165, 1.54) is 0 Å². The maximum absolute atomic E-state index is 13.6. The van der Waals surface area contributed by atoms with Crippen molar-refractivity contribution in [2.75, 3.05) is 7.05 Å². The first-order valence-corrected chi connectivity index (χ1v) is 7.00. The molecule has 0 unspecified atom stereocenters. The first-order chi connectivity index (χ1) is 11.1. The molecular formula is C17H17F2IN4. The first kappa shape index (κ1) is 19.8. The van der Waals surface area contributed by atoms with E-state index >= 15 is 0 Å². The fourth-order valence-corrected chi connectivity index (χ4v) is 1.96. The normalized spacial score (nSPS) is 10.5. The van der Waals surface area contributed by atoms with E-state index in [1.54, 1.807) is 19.2 Å². The highest BCUT2D eigenvalue weighted by molar-refractivity contribution is 14.0. The lowest BCUT2D eigenvalue weighted by Gasteiger charge is -2.12. The summed E-state index contributed by atoms with van der Waals surface area (Å²) < 4.78 is 26.7. The monoisotopic (exact) mass is 442 g/mol. The molecular weight excluding hydrogens is 425 g/mol. The number of nitrogens with one attached hydrogen (secondary N) is 2. The van der Waals surface area contributed by atoms with Gasteiger partial charge in [0.25, 0.3) is 0 Å². The van der Waals surface area contributed by atoms with Gasteiger partial charge in [0.1, 0.15) is 11.6 Å². The summed E-state index contributed by atoms with van der Waals surface area (Å²) in [5.41, 5.74) is 1.80. The molecule has 0 fully saturated rings. The lowest BCUT2D eigenvalue weighted by molar-refractivity contribution is 0.581. The zero-order valence-corrected chi connectivity index (χ0v) is 15.3. The van der Waals surface area contributed by atoms with Crippen LogP contribution in [-0.4, -0.2) is 13.0 Å². The molecule has 24 heavy (non-hydrogen) atoms. The van der Waals surface area contributed by atoms with Gasteiger partial charge in [0, 0.05) is 25.7 Å². The van der Waals surface area contributed by atoms with Gasteiger partial charge in [0.05, 0.1) is 11.6 Å². The van der Waals surface area contributed by atoms with Crippen molar-refractivity contribution in [3.8, 4) is 6.07 Å². The highest BCUT2D eigenvalue weighted by Gasteiger charge is 2.05. The fraction of sp³-hybridized carbons (Fsp3) is 0.176. The second kappa shape index (κ2) is 9.82.